The van der Waals surface area contributed by atoms with Crippen molar-refractivity contribution in [2.75, 3.05) is 5.73 Å². The van der Waals surface area contributed by atoms with Crippen LogP contribution in [0.4, 0.5) is 5.69 Å². The van der Waals surface area contributed by atoms with Gasteiger partial charge in [-0.1, -0.05) is 17.7 Å². The molecule has 1 aromatic carbocycles. The lowest BCUT2D eigenvalue weighted by Crippen LogP contribution is -1.89. The molecule has 0 aliphatic rings. The van der Waals surface area contributed by atoms with Crippen molar-refractivity contribution in [3.8, 4) is 0 Å². The zero-order valence-electron chi connectivity index (χ0n) is 7.81. The normalized spacial score (nSPS) is 10.5. The number of rotatable bonds is 3. The van der Waals surface area contributed by atoms with Crippen molar-refractivity contribution >= 4 is 40.4 Å². The van der Waals surface area contributed by atoms with E-state index in [1.54, 1.807) is 29.3 Å². The van der Waals surface area contributed by atoms with Gasteiger partial charge in [0.15, 0.2) is 0 Å². The molecule has 2 nitrogen and oxygen atoms in total. The molecule has 78 valence electrons. The van der Waals surface area contributed by atoms with Crippen LogP contribution >= 0.6 is 34.7 Å². The summed E-state index contributed by atoms with van der Waals surface area (Å²) in [6.07, 6.45) is 1.80. The third-order valence-electron chi connectivity index (χ3n) is 1.82. The summed E-state index contributed by atoms with van der Waals surface area (Å²) in [4.78, 5) is 5.14. The Labute approximate surface area is 101 Å². The highest BCUT2D eigenvalue weighted by molar-refractivity contribution is 7.98. The second-order valence-electron chi connectivity index (χ2n) is 2.87. The van der Waals surface area contributed by atoms with Gasteiger partial charge in [0.05, 0.1) is 10.8 Å². The highest BCUT2D eigenvalue weighted by Gasteiger charge is 2.06. The van der Waals surface area contributed by atoms with Crippen molar-refractivity contribution in [2.45, 2.75) is 10.6 Å². The van der Waals surface area contributed by atoms with Crippen LogP contribution < -0.4 is 5.73 Å². The lowest BCUT2D eigenvalue weighted by molar-refractivity contribution is 1.26. The van der Waals surface area contributed by atoms with E-state index >= 15 is 0 Å². The molecule has 0 radical (unpaired) electrons. The molecule has 2 rings (SSSR count). The molecule has 2 N–H and O–H groups in total. The van der Waals surface area contributed by atoms with E-state index in [2.05, 4.69) is 4.98 Å². The standard InChI is InChI=1S/C10H9ClN2S2/c11-7-2-1-3-8(12)10(7)15-6-9-13-4-5-14-9/h1-5H,6,12H2. The Morgan fingerprint density at radius 1 is 1.47 bits per heavy atom. The summed E-state index contributed by atoms with van der Waals surface area (Å²) in [6, 6.07) is 5.56. The van der Waals surface area contributed by atoms with Crippen molar-refractivity contribution in [3.63, 3.8) is 0 Å². The maximum atomic E-state index is 6.05. The molecule has 0 atom stereocenters. The zero-order valence-corrected chi connectivity index (χ0v) is 10.2. The summed E-state index contributed by atoms with van der Waals surface area (Å²) in [5.41, 5.74) is 6.56. The molecule has 0 aliphatic heterocycles. The second kappa shape index (κ2) is 4.88. The predicted octanol–water partition coefficient (Wildman–Crippen LogP) is 3.67. The monoisotopic (exact) mass is 256 g/mol. The first-order valence-corrected chi connectivity index (χ1v) is 6.57. The van der Waals surface area contributed by atoms with Gasteiger partial charge in [-0.3, -0.25) is 0 Å². The molecule has 2 aromatic rings. The molecule has 0 bridgehead atoms. The van der Waals surface area contributed by atoms with E-state index in [1.807, 2.05) is 23.6 Å². The maximum Gasteiger partial charge on any atom is 0.103 e. The van der Waals surface area contributed by atoms with Crippen molar-refractivity contribution < 1.29 is 0 Å². The maximum absolute atomic E-state index is 6.05. The number of hydrogen-bond donors (Lipinski definition) is 1. The molecule has 0 fully saturated rings. The average Bonchev–Trinajstić information content (AvgIpc) is 2.70. The minimum atomic E-state index is 0.705. The highest BCUT2D eigenvalue weighted by atomic mass is 35.5. The first-order chi connectivity index (χ1) is 7.27. The summed E-state index contributed by atoms with van der Waals surface area (Å²) in [5, 5.41) is 3.75. The first kappa shape index (κ1) is 10.8. The van der Waals surface area contributed by atoms with Gasteiger partial charge in [0.25, 0.3) is 0 Å². The number of aromatic nitrogens is 1. The van der Waals surface area contributed by atoms with Gasteiger partial charge in [-0.2, -0.15) is 0 Å². The minimum absolute atomic E-state index is 0.705. The van der Waals surface area contributed by atoms with Gasteiger partial charge in [-0.25, -0.2) is 4.98 Å². The Morgan fingerprint density at radius 2 is 2.33 bits per heavy atom. The Hall–Kier alpha value is -0.710. The third-order valence-corrected chi connectivity index (χ3v) is 4.37. The molecular formula is C10H9ClN2S2. The quantitative estimate of drug-likeness (QED) is 0.673. The Bertz CT molecular complexity index is 422. The average molecular weight is 257 g/mol. The van der Waals surface area contributed by atoms with Crippen LogP contribution in [0, 0.1) is 0 Å². The first-order valence-electron chi connectivity index (χ1n) is 4.32. The van der Waals surface area contributed by atoms with Gasteiger partial charge in [-0.05, 0) is 12.1 Å². The van der Waals surface area contributed by atoms with Crippen LogP contribution in [-0.4, -0.2) is 4.98 Å². The topological polar surface area (TPSA) is 38.9 Å². The molecule has 0 amide bonds. The number of hydrogen-bond acceptors (Lipinski definition) is 4. The van der Waals surface area contributed by atoms with Crippen molar-refractivity contribution in [2.24, 2.45) is 0 Å². The van der Waals surface area contributed by atoms with Crippen molar-refractivity contribution in [1.29, 1.82) is 0 Å². The summed E-state index contributed by atoms with van der Waals surface area (Å²) in [5.74, 6) is 0.811. The fourth-order valence-corrected chi connectivity index (χ4v) is 3.11. The number of benzene rings is 1. The number of nitrogen functional groups attached to an aromatic ring is 1. The summed E-state index contributed by atoms with van der Waals surface area (Å²) in [6.45, 7) is 0. The molecule has 1 heterocycles. The summed E-state index contributed by atoms with van der Waals surface area (Å²) in [7, 11) is 0. The zero-order chi connectivity index (χ0) is 10.7. The Balaban J connectivity index is 2.11. The molecule has 0 spiro atoms. The van der Waals surface area contributed by atoms with E-state index in [9.17, 15) is 0 Å². The van der Waals surface area contributed by atoms with Gasteiger partial charge in [0.1, 0.15) is 5.01 Å². The SMILES string of the molecule is Nc1cccc(Cl)c1SCc1nccs1. The van der Waals surface area contributed by atoms with Crippen LogP contribution in [0.2, 0.25) is 5.02 Å². The molecule has 15 heavy (non-hydrogen) atoms. The van der Waals surface area contributed by atoms with Gasteiger partial charge in [0.2, 0.25) is 0 Å². The Morgan fingerprint density at radius 3 is 3.00 bits per heavy atom. The molecular weight excluding hydrogens is 248 g/mol. The van der Waals surface area contributed by atoms with Crippen molar-refractivity contribution in [1.82, 2.24) is 4.98 Å². The lowest BCUT2D eigenvalue weighted by Gasteiger charge is -2.05. The number of thioether (sulfide) groups is 1. The van der Waals surface area contributed by atoms with Crippen LogP contribution in [0.3, 0.4) is 0 Å². The smallest absolute Gasteiger partial charge is 0.103 e. The van der Waals surface area contributed by atoms with Crippen LogP contribution in [0.5, 0.6) is 0 Å². The number of nitrogens with two attached hydrogens (primary N) is 1. The summed E-state index contributed by atoms with van der Waals surface area (Å²) < 4.78 is 0. The fourth-order valence-electron chi connectivity index (χ4n) is 1.14. The fraction of sp³-hybridized carbons (Fsp3) is 0.100. The number of thiazole rings is 1. The third kappa shape index (κ3) is 2.65. The van der Waals surface area contributed by atoms with Crippen LogP contribution in [0.25, 0.3) is 0 Å². The number of nitrogens with zero attached hydrogens (tertiary/aromatic N) is 1. The van der Waals surface area contributed by atoms with Crippen molar-refractivity contribution in [3.05, 3.63) is 39.8 Å². The van der Waals surface area contributed by atoms with Crippen LogP contribution in [0.15, 0.2) is 34.7 Å². The van der Waals surface area contributed by atoms with Gasteiger partial charge in [0, 0.05) is 22.2 Å². The van der Waals surface area contributed by atoms with Gasteiger partial charge in [-0.15, -0.1) is 23.1 Å². The van der Waals surface area contributed by atoms with E-state index in [0.29, 0.717) is 5.02 Å². The molecule has 5 heteroatoms. The largest absolute Gasteiger partial charge is 0.398 e. The van der Waals surface area contributed by atoms with E-state index in [0.717, 1.165) is 21.3 Å². The van der Waals surface area contributed by atoms with Gasteiger partial charge >= 0.3 is 0 Å². The van der Waals surface area contributed by atoms with Crippen LogP contribution in [-0.2, 0) is 5.75 Å². The minimum Gasteiger partial charge on any atom is -0.398 e. The summed E-state index contributed by atoms with van der Waals surface area (Å²) >= 11 is 9.31. The molecule has 0 saturated carbocycles. The molecule has 0 unspecified atom stereocenters. The Kier molecular flexibility index (Phi) is 3.51. The van der Waals surface area contributed by atoms with E-state index in [-0.39, 0.29) is 0 Å². The predicted molar refractivity (Wildman–Crippen MR) is 67.5 cm³/mol. The molecule has 0 saturated heterocycles. The number of halogens is 1. The highest BCUT2D eigenvalue weighted by Crippen LogP contribution is 2.34. The number of anilines is 1. The van der Waals surface area contributed by atoms with E-state index < -0.39 is 0 Å². The molecule has 0 aliphatic carbocycles. The van der Waals surface area contributed by atoms with Gasteiger partial charge < -0.3 is 5.73 Å². The molecule has 1 aromatic heterocycles. The van der Waals surface area contributed by atoms with Crippen LogP contribution in [0.1, 0.15) is 5.01 Å². The lowest BCUT2D eigenvalue weighted by atomic mass is 10.3. The van der Waals surface area contributed by atoms with E-state index in [1.165, 1.54) is 0 Å². The second-order valence-corrected chi connectivity index (χ2v) is 5.24. The van der Waals surface area contributed by atoms with E-state index in [4.69, 9.17) is 17.3 Å².